The van der Waals surface area contributed by atoms with Crippen molar-refractivity contribution >= 4 is 23.4 Å². The number of nitrogens with zero attached hydrogens (tertiary/aromatic N) is 2. The van der Waals surface area contributed by atoms with Crippen LogP contribution in [0.15, 0.2) is 40.6 Å². The second-order valence-electron chi connectivity index (χ2n) is 3.67. The average molecular weight is 263 g/mol. The maximum Gasteiger partial charge on any atom is 0.339 e. The third-order valence-electron chi connectivity index (χ3n) is 2.39. The average Bonchev–Trinajstić information content (AvgIpc) is 2.76. The van der Waals surface area contributed by atoms with Gasteiger partial charge < -0.3 is 15.0 Å². The summed E-state index contributed by atoms with van der Waals surface area (Å²) in [7, 11) is 3.24. The highest BCUT2D eigenvalue weighted by Crippen LogP contribution is 2.30. The van der Waals surface area contributed by atoms with E-state index in [1.807, 2.05) is 17.8 Å². The molecule has 5 nitrogen and oxygen atoms in total. The fourth-order valence-electron chi connectivity index (χ4n) is 1.45. The van der Waals surface area contributed by atoms with E-state index in [2.05, 4.69) is 4.98 Å². The van der Waals surface area contributed by atoms with Gasteiger partial charge in [-0.1, -0.05) is 11.8 Å². The number of nitrogens with two attached hydrogens (primary N) is 1. The molecule has 2 N–H and O–H groups in total. The second kappa shape index (κ2) is 5.14. The lowest BCUT2D eigenvalue weighted by Crippen LogP contribution is -2.04. The number of hydrogen-bond donors (Lipinski definition) is 1. The van der Waals surface area contributed by atoms with Crippen molar-refractivity contribution in [2.45, 2.75) is 10.1 Å². The van der Waals surface area contributed by atoms with Crippen LogP contribution in [0.1, 0.15) is 10.4 Å². The van der Waals surface area contributed by atoms with Gasteiger partial charge in [0.2, 0.25) is 0 Å². The number of aromatic nitrogens is 2. The molecule has 0 spiro atoms. The largest absolute Gasteiger partial charge is 0.465 e. The van der Waals surface area contributed by atoms with Crippen molar-refractivity contribution in [2.24, 2.45) is 7.05 Å². The Bertz CT molecular complexity index is 580. The molecule has 6 heteroatoms. The predicted molar refractivity (Wildman–Crippen MR) is 69.5 cm³/mol. The van der Waals surface area contributed by atoms with E-state index in [1.54, 1.807) is 24.4 Å². The van der Waals surface area contributed by atoms with Gasteiger partial charge in [0.25, 0.3) is 0 Å². The minimum Gasteiger partial charge on any atom is -0.465 e. The van der Waals surface area contributed by atoms with Crippen molar-refractivity contribution in [1.29, 1.82) is 0 Å². The minimum absolute atomic E-state index is 0.404. The topological polar surface area (TPSA) is 70.1 Å². The van der Waals surface area contributed by atoms with Crippen molar-refractivity contribution in [3.05, 3.63) is 36.2 Å². The Hall–Kier alpha value is -1.95. The van der Waals surface area contributed by atoms with E-state index in [-0.39, 0.29) is 0 Å². The van der Waals surface area contributed by atoms with Crippen LogP contribution in [0.2, 0.25) is 0 Å². The number of nitrogen functional groups attached to an aromatic ring is 1. The number of carbonyl (C=O) groups is 1. The van der Waals surface area contributed by atoms with Crippen LogP contribution in [-0.2, 0) is 11.8 Å². The molecule has 0 fully saturated rings. The van der Waals surface area contributed by atoms with Crippen LogP contribution in [0.25, 0.3) is 0 Å². The molecule has 1 aromatic heterocycles. The Morgan fingerprint density at radius 2 is 2.28 bits per heavy atom. The lowest BCUT2D eigenvalue weighted by atomic mass is 10.2. The quantitative estimate of drug-likeness (QED) is 0.677. The van der Waals surface area contributed by atoms with E-state index < -0.39 is 5.97 Å². The summed E-state index contributed by atoms with van der Waals surface area (Å²) in [6.07, 6.45) is 3.55. The first-order valence-electron chi connectivity index (χ1n) is 5.25. The lowest BCUT2D eigenvalue weighted by molar-refractivity contribution is 0.0597. The van der Waals surface area contributed by atoms with Gasteiger partial charge >= 0.3 is 5.97 Å². The van der Waals surface area contributed by atoms with Crippen molar-refractivity contribution in [2.75, 3.05) is 12.8 Å². The molecule has 0 bridgehead atoms. The van der Waals surface area contributed by atoms with Crippen LogP contribution >= 0.6 is 11.8 Å². The molecule has 0 aliphatic heterocycles. The number of benzene rings is 1. The highest BCUT2D eigenvalue weighted by atomic mass is 32.2. The van der Waals surface area contributed by atoms with E-state index >= 15 is 0 Å². The summed E-state index contributed by atoms with van der Waals surface area (Å²) in [6.45, 7) is 0. The summed E-state index contributed by atoms with van der Waals surface area (Å²) in [5.41, 5.74) is 6.66. The molecule has 0 radical (unpaired) electrons. The fourth-order valence-corrected chi connectivity index (χ4v) is 2.36. The van der Waals surface area contributed by atoms with Crippen molar-refractivity contribution in [3.63, 3.8) is 0 Å². The number of ether oxygens (including phenoxy) is 1. The van der Waals surface area contributed by atoms with E-state index in [0.717, 1.165) is 10.1 Å². The standard InChI is InChI=1S/C12H13N3O2S/c1-15-6-5-14-12(15)18-10-4-3-8(13)7-9(10)11(16)17-2/h3-7H,13H2,1-2H3. The highest BCUT2D eigenvalue weighted by molar-refractivity contribution is 7.99. The normalized spacial score (nSPS) is 10.3. The number of carbonyl (C=O) groups excluding carboxylic acids is 1. The molecule has 94 valence electrons. The molecule has 2 rings (SSSR count). The Morgan fingerprint density at radius 1 is 1.50 bits per heavy atom. The molecule has 1 aromatic carbocycles. The molecule has 0 saturated carbocycles. The number of aryl methyl sites for hydroxylation is 1. The summed E-state index contributed by atoms with van der Waals surface area (Å²) in [5.74, 6) is -0.404. The molecular formula is C12H13N3O2S. The van der Waals surface area contributed by atoms with Gasteiger partial charge in [-0.3, -0.25) is 0 Å². The van der Waals surface area contributed by atoms with Crippen LogP contribution in [0, 0.1) is 0 Å². The van der Waals surface area contributed by atoms with Gasteiger partial charge in [0.15, 0.2) is 5.16 Å². The third-order valence-corrected chi connectivity index (χ3v) is 3.54. The van der Waals surface area contributed by atoms with Crippen LogP contribution in [-0.4, -0.2) is 22.6 Å². The molecule has 0 atom stereocenters. The maximum absolute atomic E-state index is 11.7. The van der Waals surface area contributed by atoms with E-state index in [9.17, 15) is 4.79 Å². The Morgan fingerprint density at radius 3 is 2.89 bits per heavy atom. The molecule has 0 aliphatic rings. The zero-order chi connectivity index (χ0) is 13.1. The maximum atomic E-state index is 11.7. The smallest absolute Gasteiger partial charge is 0.339 e. The van der Waals surface area contributed by atoms with Gasteiger partial charge in [-0.05, 0) is 18.2 Å². The molecule has 18 heavy (non-hydrogen) atoms. The van der Waals surface area contributed by atoms with Gasteiger partial charge in [-0.25, -0.2) is 9.78 Å². The van der Waals surface area contributed by atoms with Crippen molar-refractivity contribution < 1.29 is 9.53 Å². The monoisotopic (exact) mass is 263 g/mol. The van der Waals surface area contributed by atoms with Crippen LogP contribution in [0.4, 0.5) is 5.69 Å². The van der Waals surface area contributed by atoms with E-state index in [0.29, 0.717) is 11.3 Å². The number of hydrogen-bond acceptors (Lipinski definition) is 5. The number of imidazole rings is 1. The zero-order valence-corrected chi connectivity index (χ0v) is 10.9. The molecule has 0 aliphatic carbocycles. The van der Waals surface area contributed by atoms with Gasteiger partial charge in [0.05, 0.1) is 12.7 Å². The molecule has 0 saturated heterocycles. The van der Waals surface area contributed by atoms with E-state index in [4.69, 9.17) is 10.5 Å². The van der Waals surface area contributed by atoms with Gasteiger partial charge in [-0.2, -0.15) is 0 Å². The summed E-state index contributed by atoms with van der Waals surface area (Å²) in [6, 6.07) is 5.15. The lowest BCUT2D eigenvalue weighted by Gasteiger charge is -2.08. The molecule has 0 amide bonds. The van der Waals surface area contributed by atoms with Gasteiger partial charge in [0, 0.05) is 30.0 Å². The van der Waals surface area contributed by atoms with Gasteiger partial charge in [0.1, 0.15) is 0 Å². The van der Waals surface area contributed by atoms with Crippen LogP contribution in [0.5, 0.6) is 0 Å². The Balaban J connectivity index is 2.38. The number of methoxy groups -OCH3 is 1. The predicted octanol–water partition coefficient (Wildman–Crippen LogP) is 1.94. The van der Waals surface area contributed by atoms with Crippen molar-refractivity contribution in [1.82, 2.24) is 9.55 Å². The summed E-state index contributed by atoms with van der Waals surface area (Å²) in [5, 5.41) is 0.796. The number of rotatable bonds is 3. The van der Waals surface area contributed by atoms with Gasteiger partial charge in [-0.15, -0.1) is 0 Å². The SMILES string of the molecule is COC(=O)c1cc(N)ccc1Sc1nccn1C. The second-order valence-corrected chi connectivity index (χ2v) is 4.68. The summed E-state index contributed by atoms with van der Waals surface area (Å²) >= 11 is 1.40. The minimum atomic E-state index is -0.404. The summed E-state index contributed by atoms with van der Waals surface area (Å²) in [4.78, 5) is 16.7. The first-order valence-corrected chi connectivity index (χ1v) is 6.06. The summed E-state index contributed by atoms with van der Waals surface area (Å²) < 4.78 is 6.62. The molecular weight excluding hydrogens is 250 g/mol. The molecule has 1 heterocycles. The first kappa shape index (κ1) is 12.5. The Labute approximate surface area is 109 Å². The Kier molecular flexibility index (Phi) is 3.57. The van der Waals surface area contributed by atoms with Crippen LogP contribution in [0.3, 0.4) is 0 Å². The van der Waals surface area contributed by atoms with Crippen LogP contribution < -0.4 is 5.73 Å². The number of esters is 1. The fraction of sp³-hybridized carbons (Fsp3) is 0.167. The first-order chi connectivity index (χ1) is 8.61. The molecule has 0 unspecified atom stereocenters. The third kappa shape index (κ3) is 2.48. The van der Waals surface area contributed by atoms with E-state index in [1.165, 1.54) is 18.9 Å². The highest BCUT2D eigenvalue weighted by Gasteiger charge is 2.14. The van der Waals surface area contributed by atoms with Crippen molar-refractivity contribution in [3.8, 4) is 0 Å². The zero-order valence-electron chi connectivity index (χ0n) is 10.1. The molecule has 2 aromatic rings. The number of anilines is 1.